The Morgan fingerprint density at radius 1 is 1.18 bits per heavy atom. The third-order valence-electron chi connectivity index (χ3n) is 2.95. The minimum atomic E-state index is -4.41. The summed E-state index contributed by atoms with van der Waals surface area (Å²) in [6.07, 6.45) is -3.01. The second kappa shape index (κ2) is 4.94. The topological polar surface area (TPSA) is 13.1 Å². The van der Waals surface area contributed by atoms with E-state index in [1.165, 1.54) is 19.4 Å². The minimum absolute atomic E-state index is 0.179. The average molecular weight is 248 g/mol. The van der Waals surface area contributed by atoms with Gasteiger partial charge in [0.2, 0.25) is 6.20 Å². The molecule has 0 aliphatic heterocycles. The van der Waals surface area contributed by atoms with Crippen molar-refractivity contribution >= 4 is 0 Å². The average Bonchev–Trinajstić information content (AvgIpc) is 2.25. The Hall–Kier alpha value is -1.26. The molecule has 1 heterocycles. The van der Waals surface area contributed by atoms with Crippen LogP contribution in [0.4, 0.5) is 13.2 Å². The fourth-order valence-electron chi connectivity index (χ4n) is 1.52. The zero-order valence-electron chi connectivity index (χ0n) is 10.4. The normalized spacial score (nSPS) is 13.9. The minimum Gasteiger partial charge on any atom is -0.274 e. The summed E-state index contributed by atoms with van der Waals surface area (Å²) in [5, 5.41) is 0. The van der Waals surface area contributed by atoms with Crippen LogP contribution in [0.2, 0.25) is 0 Å². The molecule has 0 amide bonds. The molecular weight excluding hydrogens is 231 g/mol. The Balaban J connectivity index is 3.18. The number of aromatic nitrogens is 1. The molecule has 0 saturated heterocycles. The third-order valence-corrected chi connectivity index (χ3v) is 2.95. The fraction of sp³-hybridized carbons (Fsp3) is 0.583. The lowest BCUT2D eigenvalue weighted by Crippen LogP contribution is -2.47. The van der Waals surface area contributed by atoms with Crippen LogP contribution in [-0.4, -0.2) is 7.11 Å². The number of hydrogen-bond acceptors (Lipinski definition) is 1. The highest BCUT2D eigenvalue weighted by Gasteiger charge is 2.42. The first-order chi connectivity index (χ1) is 7.77. The zero-order chi connectivity index (χ0) is 13.2. The van der Waals surface area contributed by atoms with Gasteiger partial charge in [-0.25, -0.2) is 0 Å². The molecular formula is C12H17F3NO+. The van der Waals surface area contributed by atoms with Crippen LogP contribution in [-0.2, 0) is 6.18 Å². The largest absolute Gasteiger partial charge is 0.482 e. The summed E-state index contributed by atoms with van der Waals surface area (Å²) in [6.45, 7) is 6.03. The fourth-order valence-corrected chi connectivity index (χ4v) is 1.52. The molecule has 2 nitrogen and oxygen atoms in total. The van der Waals surface area contributed by atoms with Gasteiger partial charge in [-0.05, 0) is 17.9 Å². The summed E-state index contributed by atoms with van der Waals surface area (Å²) < 4.78 is 38.6. The summed E-state index contributed by atoms with van der Waals surface area (Å²) in [6, 6.07) is 2.56. The van der Waals surface area contributed by atoms with Crippen LogP contribution < -0.4 is 9.57 Å². The van der Waals surface area contributed by atoms with Crippen molar-refractivity contribution in [1.29, 1.82) is 0 Å². The molecule has 1 rings (SSSR count). The lowest BCUT2D eigenvalue weighted by Gasteiger charge is -2.14. The van der Waals surface area contributed by atoms with Gasteiger partial charge in [-0.1, -0.05) is 20.8 Å². The van der Waals surface area contributed by atoms with Crippen LogP contribution >= 0.6 is 0 Å². The van der Waals surface area contributed by atoms with Crippen LogP contribution in [0.5, 0.6) is 0 Å². The number of hydrogen-bond donors (Lipinski definition) is 0. The van der Waals surface area contributed by atoms with Gasteiger partial charge in [0.1, 0.15) is 7.11 Å². The van der Waals surface area contributed by atoms with Gasteiger partial charge in [0, 0.05) is 16.4 Å². The molecule has 1 unspecified atom stereocenters. The molecule has 0 N–H and O–H groups in total. The van der Waals surface area contributed by atoms with Crippen molar-refractivity contribution in [3.8, 4) is 0 Å². The van der Waals surface area contributed by atoms with E-state index in [4.69, 9.17) is 4.84 Å². The number of rotatable bonds is 3. The quantitative estimate of drug-likeness (QED) is 0.750. The summed E-state index contributed by atoms with van der Waals surface area (Å²) >= 11 is 0. The molecule has 5 heteroatoms. The number of pyridine rings is 1. The third kappa shape index (κ3) is 3.11. The molecule has 0 aromatic carbocycles. The van der Waals surface area contributed by atoms with Gasteiger partial charge in [0.05, 0.1) is 0 Å². The molecule has 0 saturated carbocycles. The van der Waals surface area contributed by atoms with Crippen molar-refractivity contribution in [2.45, 2.75) is 32.9 Å². The van der Waals surface area contributed by atoms with E-state index in [-0.39, 0.29) is 5.92 Å². The van der Waals surface area contributed by atoms with E-state index in [1.807, 2.05) is 20.8 Å². The van der Waals surface area contributed by atoms with Gasteiger partial charge in [-0.2, -0.15) is 13.2 Å². The zero-order valence-corrected chi connectivity index (χ0v) is 10.4. The van der Waals surface area contributed by atoms with Crippen molar-refractivity contribution in [3.63, 3.8) is 0 Å². The smallest absolute Gasteiger partial charge is 0.274 e. The van der Waals surface area contributed by atoms with Crippen LogP contribution in [0.3, 0.4) is 0 Å². The Bertz CT molecular complexity index is 388. The van der Waals surface area contributed by atoms with E-state index in [1.54, 1.807) is 0 Å². The Morgan fingerprint density at radius 3 is 2.18 bits per heavy atom. The molecule has 0 bridgehead atoms. The lowest BCUT2D eigenvalue weighted by atomic mass is 9.91. The van der Waals surface area contributed by atoms with Crippen LogP contribution in [0.25, 0.3) is 0 Å². The second-order valence-corrected chi connectivity index (χ2v) is 4.39. The Kier molecular flexibility index (Phi) is 4.01. The first-order valence-electron chi connectivity index (χ1n) is 5.44. The SMILES string of the molecule is CO[n+]1cc(C(C)C(C)C)ccc1C(F)(F)F. The molecule has 1 atom stereocenters. The second-order valence-electron chi connectivity index (χ2n) is 4.39. The van der Waals surface area contributed by atoms with Gasteiger partial charge in [0.25, 0.3) is 0 Å². The number of nitrogens with zero attached hydrogens (tertiary/aromatic N) is 1. The monoisotopic (exact) mass is 248 g/mol. The van der Waals surface area contributed by atoms with Gasteiger partial charge < -0.3 is 0 Å². The first kappa shape index (κ1) is 13.8. The summed E-state index contributed by atoms with van der Waals surface area (Å²) in [7, 11) is 1.22. The summed E-state index contributed by atoms with van der Waals surface area (Å²) in [5.74, 6) is 0.538. The molecule has 0 radical (unpaired) electrons. The van der Waals surface area contributed by atoms with Crippen molar-refractivity contribution in [1.82, 2.24) is 0 Å². The van der Waals surface area contributed by atoms with E-state index in [9.17, 15) is 13.2 Å². The summed E-state index contributed by atoms with van der Waals surface area (Å²) in [5.41, 5.74) is 0.0227. The van der Waals surface area contributed by atoms with Crippen LogP contribution in [0.1, 0.15) is 37.9 Å². The molecule has 0 fully saturated rings. The molecule has 0 aliphatic rings. The van der Waals surface area contributed by atoms with Crippen molar-refractivity contribution in [3.05, 3.63) is 29.6 Å². The molecule has 0 aliphatic carbocycles. The van der Waals surface area contributed by atoms with Gasteiger partial charge >= 0.3 is 11.9 Å². The maximum absolute atomic E-state index is 12.6. The lowest BCUT2D eigenvalue weighted by molar-refractivity contribution is -0.896. The molecule has 17 heavy (non-hydrogen) atoms. The molecule has 1 aromatic heterocycles. The standard InChI is InChI=1S/C12H17F3NO/c1-8(2)9(3)10-5-6-11(12(13,14)15)16(7-10)17-4/h5-9H,1-4H3/q+1. The first-order valence-corrected chi connectivity index (χ1v) is 5.44. The predicted molar refractivity (Wildman–Crippen MR) is 57.4 cm³/mol. The molecule has 0 spiro atoms. The van der Waals surface area contributed by atoms with E-state index in [2.05, 4.69) is 0 Å². The maximum atomic E-state index is 12.6. The molecule has 96 valence electrons. The van der Waals surface area contributed by atoms with Crippen molar-refractivity contribution < 1.29 is 22.7 Å². The number of alkyl halides is 3. The van der Waals surface area contributed by atoms with E-state index >= 15 is 0 Å². The summed E-state index contributed by atoms with van der Waals surface area (Å²) in [4.78, 5) is 4.74. The van der Waals surface area contributed by atoms with E-state index < -0.39 is 11.9 Å². The van der Waals surface area contributed by atoms with E-state index in [0.717, 1.165) is 16.4 Å². The predicted octanol–water partition coefficient (Wildman–Crippen LogP) is 2.81. The Labute approximate surface area is 99.0 Å². The van der Waals surface area contributed by atoms with Crippen LogP contribution in [0.15, 0.2) is 18.3 Å². The van der Waals surface area contributed by atoms with Crippen molar-refractivity contribution in [2.24, 2.45) is 5.92 Å². The van der Waals surface area contributed by atoms with Gasteiger partial charge in [-0.3, -0.25) is 4.84 Å². The number of halogens is 3. The van der Waals surface area contributed by atoms with Gasteiger partial charge in [0.15, 0.2) is 0 Å². The van der Waals surface area contributed by atoms with Crippen LogP contribution in [0, 0.1) is 5.92 Å². The highest BCUT2D eigenvalue weighted by atomic mass is 19.4. The highest BCUT2D eigenvalue weighted by molar-refractivity contribution is 5.15. The van der Waals surface area contributed by atoms with Gasteiger partial charge in [-0.15, -0.1) is 0 Å². The highest BCUT2D eigenvalue weighted by Crippen LogP contribution is 2.28. The van der Waals surface area contributed by atoms with Crippen molar-refractivity contribution in [2.75, 3.05) is 7.11 Å². The molecule has 1 aromatic rings. The Morgan fingerprint density at radius 2 is 1.76 bits per heavy atom. The maximum Gasteiger partial charge on any atom is 0.482 e. The van der Waals surface area contributed by atoms with E-state index in [0.29, 0.717) is 5.92 Å².